The van der Waals surface area contributed by atoms with Crippen LogP contribution < -0.4 is 15.4 Å². The molecule has 2 N–H and O–H groups in total. The van der Waals surface area contributed by atoms with Gasteiger partial charge in [0.2, 0.25) is 5.91 Å². The van der Waals surface area contributed by atoms with Gasteiger partial charge in [0, 0.05) is 12.2 Å². The van der Waals surface area contributed by atoms with Crippen molar-refractivity contribution in [3.05, 3.63) is 58.1 Å². The van der Waals surface area contributed by atoms with Crippen LogP contribution in [0, 0.1) is 5.41 Å². The van der Waals surface area contributed by atoms with Gasteiger partial charge in [-0.05, 0) is 56.7 Å². The van der Waals surface area contributed by atoms with Crippen LogP contribution in [0.4, 0.5) is 27.6 Å². The maximum absolute atomic E-state index is 13.0. The van der Waals surface area contributed by atoms with E-state index in [0.29, 0.717) is 5.56 Å². The van der Waals surface area contributed by atoms with Gasteiger partial charge < -0.3 is 15.4 Å². The molecule has 0 unspecified atom stereocenters. The van der Waals surface area contributed by atoms with Gasteiger partial charge in [0.05, 0.1) is 16.1 Å². The maximum Gasteiger partial charge on any atom is 0.402 e. The van der Waals surface area contributed by atoms with Crippen LogP contribution in [0.2, 0.25) is 5.02 Å². The molecule has 0 atom stereocenters. The van der Waals surface area contributed by atoms with Crippen molar-refractivity contribution in [3.8, 4) is 5.75 Å². The van der Waals surface area contributed by atoms with Crippen molar-refractivity contribution in [3.63, 3.8) is 0 Å². The van der Waals surface area contributed by atoms with E-state index in [-0.39, 0.29) is 34.1 Å². The van der Waals surface area contributed by atoms with Crippen molar-refractivity contribution in [2.75, 3.05) is 11.9 Å². The second kappa shape index (κ2) is 11.0. The number of ketones is 1. The van der Waals surface area contributed by atoms with Crippen LogP contribution >= 0.6 is 11.6 Å². The minimum atomic E-state index is -4.75. The topological polar surface area (TPSA) is 84.5 Å². The molecule has 0 aromatic heterocycles. The van der Waals surface area contributed by atoms with Crippen LogP contribution in [0.5, 0.6) is 5.75 Å². The van der Waals surface area contributed by atoms with Crippen molar-refractivity contribution < 1.29 is 41.1 Å². The Bertz CT molecular complexity index is 1120. The zero-order chi connectivity index (χ0) is 26.6. The van der Waals surface area contributed by atoms with E-state index in [0.717, 1.165) is 13.8 Å². The zero-order valence-corrected chi connectivity index (χ0v) is 19.6. The summed E-state index contributed by atoms with van der Waals surface area (Å²) in [6.07, 6.45) is -7.49. The Morgan fingerprint density at radius 3 is 2.26 bits per heavy atom. The number of nitrogens with one attached hydrogen (secondary N) is 2. The van der Waals surface area contributed by atoms with E-state index in [2.05, 4.69) is 10.6 Å². The lowest BCUT2D eigenvalue weighted by molar-refractivity contribution is -0.211. The molecule has 0 saturated heterocycles. The molecule has 2 aromatic rings. The Balaban J connectivity index is 2.18. The third kappa shape index (κ3) is 7.14. The normalized spacial score (nSPS) is 11.8. The van der Waals surface area contributed by atoms with E-state index < -0.39 is 42.2 Å². The van der Waals surface area contributed by atoms with Gasteiger partial charge in [-0.2, -0.15) is 13.2 Å². The van der Waals surface area contributed by atoms with Crippen molar-refractivity contribution in [2.45, 2.75) is 39.9 Å². The first-order valence-electron chi connectivity index (χ1n) is 10.1. The Morgan fingerprint density at radius 1 is 1.03 bits per heavy atom. The average Bonchev–Trinajstić information content (AvgIpc) is 2.76. The highest BCUT2D eigenvalue weighted by Crippen LogP contribution is 2.37. The van der Waals surface area contributed by atoms with Crippen LogP contribution in [0.1, 0.15) is 47.1 Å². The lowest BCUT2D eigenvalue weighted by atomic mass is 9.91. The van der Waals surface area contributed by atoms with Gasteiger partial charge in [-0.1, -0.05) is 17.7 Å². The fraction of sp³-hybridized carbons (Fsp3) is 0.348. The molecule has 0 aliphatic carbocycles. The fourth-order valence-electron chi connectivity index (χ4n) is 2.75. The molecular formula is C23H22ClF5N2O4. The average molecular weight is 521 g/mol. The lowest BCUT2D eigenvalue weighted by Gasteiger charge is -2.26. The van der Waals surface area contributed by atoms with Gasteiger partial charge in [-0.25, -0.2) is 8.78 Å². The summed E-state index contributed by atoms with van der Waals surface area (Å²) in [7, 11) is 0. The summed E-state index contributed by atoms with van der Waals surface area (Å²) in [5.41, 5.74) is -2.23. The number of ether oxygens (including phenoxy) is 1. The molecule has 0 aliphatic rings. The third-order valence-corrected chi connectivity index (χ3v) is 5.32. The largest absolute Gasteiger partial charge is 0.487 e. The molecule has 2 amide bonds. The molecule has 6 nitrogen and oxygen atoms in total. The summed E-state index contributed by atoms with van der Waals surface area (Å²) in [4.78, 5) is 36.6. The summed E-state index contributed by atoms with van der Waals surface area (Å²) in [5.74, 6) is -2.51. The van der Waals surface area contributed by atoms with E-state index in [1.54, 1.807) is 0 Å². The number of carbonyl (C=O) groups excluding carboxylic acids is 3. The molecule has 0 heterocycles. The number of hydrogen-bond acceptors (Lipinski definition) is 4. The number of alkyl halides is 5. The lowest BCUT2D eigenvalue weighted by Crippen LogP contribution is -2.46. The van der Waals surface area contributed by atoms with Gasteiger partial charge in [-0.3, -0.25) is 14.4 Å². The zero-order valence-electron chi connectivity index (χ0n) is 18.9. The first-order valence-corrected chi connectivity index (χ1v) is 10.5. The van der Waals surface area contributed by atoms with E-state index >= 15 is 0 Å². The molecule has 190 valence electrons. The van der Waals surface area contributed by atoms with E-state index in [1.807, 2.05) is 0 Å². The molecule has 12 heteroatoms. The van der Waals surface area contributed by atoms with Crippen LogP contribution in [-0.2, 0) is 11.3 Å². The number of benzene rings is 2. The molecule has 2 rings (SSSR count). The standard InChI is InChI=1S/C23H22ClF5N2O4/c1-12(32)15-9-14(5-7-18(15)35-11-19(25)26)31-20(33)16-8-13(4-6-17(16)24)10-30-21(34)22(2,3)23(27,28)29/h4-9,19H,10-11H2,1-3H3,(H,30,34)(H,31,33). The molecule has 0 radical (unpaired) electrons. The van der Waals surface area contributed by atoms with E-state index in [9.17, 15) is 36.3 Å². The van der Waals surface area contributed by atoms with Crippen molar-refractivity contribution in [2.24, 2.45) is 5.41 Å². The minimum Gasteiger partial charge on any atom is -0.487 e. The Hall–Kier alpha value is -3.21. The highest BCUT2D eigenvalue weighted by Gasteiger charge is 2.52. The molecule has 0 aliphatic heterocycles. The van der Waals surface area contributed by atoms with E-state index in [4.69, 9.17) is 16.3 Å². The summed E-state index contributed by atoms with van der Waals surface area (Å²) < 4.78 is 68.8. The predicted molar refractivity (Wildman–Crippen MR) is 119 cm³/mol. The number of rotatable bonds is 9. The number of amides is 2. The fourth-order valence-corrected chi connectivity index (χ4v) is 2.95. The second-order valence-corrected chi connectivity index (χ2v) is 8.45. The van der Waals surface area contributed by atoms with Crippen LogP contribution in [0.15, 0.2) is 36.4 Å². The Kier molecular flexibility index (Phi) is 8.83. The van der Waals surface area contributed by atoms with Crippen molar-refractivity contribution >= 4 is 34.9 Å². The Labute approximate surface area is 202 Å². The quantitative estimate of drug-likeness (QED) is 0.331. The maximum atomic E-state index is 13.0. The number of carbonyl (C=O) groups is 3. The van der Waals surface area contributed by atoms with Crippen LogP contribution in [-0.4, -0.2) is 36.8 Å². The van der Waals surface area contributed by atoms with Gasteiger partial charge in [0.25, 0.3) is 12.3 Å². The van der Waals surface area contributed by atoms with Gasteiger partial charge in [0.15, 0.2) is 5.78 Å². The monoisotopic (exact) mass is 520 g/mol. The van der Waals surface area contributed by atoms with Gasteiger partial charge in [0.1, 0.15) is 17.8 Å². The van der Waals surface area contributed by atoms with Crippen LogP contribution in [0.25, 0.3) is 0 Å². The molecule has 0 fully saturated rings. The first kappa shape index (κ1) is 28.0. The molecule has 0 saturated carbocycles. The summed E-state index contributed by atoms with van der Waals surface area (Å²) >= 11 is 6.09. The molecular weight excluding hydrogens is 499 g/mol. The van der Waals surface area contributed by atoms with Crippen molar-refractivity contribution in [1.82, 2.24) is 5.32 Å². The van der Waals surface area contributed by atoms with E-state index in [1.165, 1.54) is 43.3 Å². The van der Waals surface area contributed by atoms with Crippen molar-refractivity contribution in [1.29, 1.82) is 0 Å². The highest BCUT2D eigenvalue weighted by molar-refractivity contribution is 6.34. The summed E-state index contributed by atoms with van der Waals surface area (Å²) in [5, 5.41) is 4.72. The van der Waals surface area contributed by atoms with Gasteiger partial charge in [-0.15, -0.1) is 0 Å². The number of halogens is 6. The van der Waals surface area contributed by atoms with Gasteiger partial charge >= 0.3 is 6.18 Å². The molecule has 2 aromatic carbocycles. The third-order valence-electron chi connectivity index (χ3n) is 4.99. The number of hydrogen-bond donors (Lipinski definition) is 2. The summed E-state index contributed by atoms with van der Waals surface area (Å²) in [6.45, 7) is 1.50. The number of anilines is 1. The smallest absolute Gasteiger partial charge is 0.402 e. The minimum absolute atomic E-state index is 0.0249. The predicted octanol–water partition coefficient (Wildman–Crippen LogP) is 5.64. The SMILES string of the molecule is CC(=O)c1cc(NC(=O)c2cc(CNC(=O)C(C)(C)C(F)(F)F)ccc2Cl)ccc1OCC(F)F. The number of Topliss-reactive ketones (excluding diaryl/α,β-unsaturated/α-hetero) is 1. The molecule has 35 heavy (non-hydrogen) atoms. The first-order chi connectivity index (χ1) is 16.1. The Morgan fingerprint density at radius 2 is 1.69 bits per heavy atom. The highest BCUT2D eigenvalue weighted by atomic mass is 35.5. The second-order valence-electron chi connectivity index (χ2n) is 8.04. The molecule has 0 spiro atoms. The summed E-state index contributed by atoms with van der Waals surface area (Å²) in [6, 6.07) is 7.91. The molecule has 0 bridgehead atoms. The van der Waals surface area contributed by atoms with Crippen LogP contribution in [0.3, 0.4) is 0 Å².